The Bertz CT molecular complexity index is 1060. The number of rotatable bonds is 4. The fourth-order valence-corrected chi connectivity index (χ4v) is 3.39. The van der Waals surface area contributed by atoms with E-state index in [1.807, 2.05) is 0 Å². The number of hydrogen-bond donors (Lipinski definition) is 1. The second-order valence-corrected chi connectivity index (χ2v) is 7.56. The smallest absolute Gasteiger partial charge is 0.324 e. The fourth-order valence-electron chi connectivity index (χ4n) is 2.39. The van der Waals surface area contributed by atoms with Gasteiger partial charge >= 0.3 is 6.18 Å². The summed E-state index contributed by atoms with van der Waals surface area (Å²) in [4.78, 5) is 25.3. The maximum Gasteiger partial charge on any atom is 0.416 e. The van der Waals surface area contributed by atoms with Gasteiger partial charge in [0.25, 0.3) is 5.56 Å². The van der Waals surface area contributed by atoms with Gasteiger partial charge in [0.1, 0.15) is 11.7 Å². The zero-order valence-corrected chi connectivity index (χ0v) is 15.9. The van der Waals surface area contributed by atoms with E-state index in [0.717, 1.165) is 33.8 Å². The highest BCUT2D eigenvalue weighted by Crippen LogP contribution is 2.30. The van der Waals surface area contributed by atoms with Gasteiger partial charge in [-0.25, -0.2) is 4.68 Å². The van der Waals surface area contributed by atoms with E-state index in [1.165, 1.54) is 30.4 Å². The molecule has 0 saturated heterocycles. The van der Waals surface area contributed by atoms with Crippen molar-refractivity contribution in [3.05, 3.63) is 68.8 Å². The van der Waals surface area contributed by atoms with Gasteiger partial charge in [-0.1, -0.05) is 11.6 Å². The van der Waals surface area contributed by atoms with Crippen LogP contribution >= 0.6 is 22.9 Å². The van der Waals surface area contributed by atoms with E-state index in [2.05, 4.69) is 10.4 Å². The Morgan fingerprint density at radius 3 is 2.39 bits per heavy atom. The molecular weight excluding hydrogens is 415 g/mol. The summed E-state index contributed by atoms with van der Waals surface area (Å²) in [5.41, 5.74) is -0.648. The average molecular weight is 428 g/mol. The molecule has 0 aliphatic carbocycles. The van der Waals surface area contributed by atoms with Crippen molar-refractivity contribution in [1.29, 1.82) is 0 Å². The molecule has 3 aromatic rings. The lowest BCUT2D eigenvalue weighted by Crippen LogP contribution is -2.33. The molecule has 1 unspecified atom stereocenters. The number of aromatic nitrogens is 2. The lowest BCUT2D eigenvalue weighted by atomic mass is 10.2. The number of nitrogens with one attached hydrogen (secondary N) is 1. The quantitative estimate of drug-likeness (QED) is 0.647. The highest BCUT2D eigenvalue weighted by atomic mass is 35.5. The first-order chi connectivity index (χ1) is 13.1. The first-order valence-corrected chi connectivity index (χ1v) is 9.18. The van der Waals surface area contributed by atoms with Crippen LogP contribution in [0.25, 0.3) is 10.6 Å². The summed E-state index contributed by atoms with van der Waals surface area (Å²) in [6.07, 6.45) is -4.46. The second-order valence-electron chi connectivity index (χ2n) is 5.85. The van der Waals surface area contributed by atoms with Gasteiger partial charge in [-0.2, -0.15) is 18.3 Å². The van der Waals surface area contributed by atoms with E-state index in [9.17, 15) is 22.8 Å². The lowest BCUT2D eigenvalue weighted by Gasteiger charge is -2.15. The van der Waals surface area contributed by atoms with Crippen molar-refractivity contribution in [3.63, 3.8) is 0 Å². The molecule has 2 aromatic heterocycles. The minimum atomic E-state index is -4.46. The number of carbonyl (C=O) groups excluding carboxylic acids is 1. The van der Waals surface area contributed by atoms with E-state index in [4.69, 9.17) is 11.6 Å². The van der Waals surface area contributed by atoms with E-state index < -0.39 is 29.2 Å². The topological polar surface area (TPSA) is 64.0 Å². The summed E-state index contributed by atoms with van der Waals surface area (Å²) in [6.45, 7) is 1.47. The fraction of sp³-hybridized carbons (Fsp3) is 0.167. The Hall–Kier alpha value is -2.65. The molecule has 1 aromatic carbocycles. The number of halogens is 4. The summed E-state index contributed by atoms with van der Waals surface area (Å²) in [6, 6.07) is 9.31. The second kappa shape index (κ2) is 7.76. The first-order valence-electron chi connectivity index (χ1n) is 7.99. The van der Waals surface area contributed by atoms with E-state index >= 15 is 0 Å². The standard InChI is InChI=1S/C18H13ClF3N3O2S/c1-10(17(27)23-12-4-2-11(3-5-12)18(20,21)22)25-16(26)9-6-13(24-25)14-7-8-15(19)28-14/h2-10H,1H3,(H,23,27). The third-order valence-corrected chi connectivity index (χ3v) is 5.13. The number of anilines is 1. The molecule has 0 radical (unpaired) electrons. The highest BCUT2D eigenvalue weighted by Gasteiger charge is 2.30. The van der Waals surface area contributed by atoms with Crippen LogP contribution in [0.5, 0.6) is 0 Å². The van der Waals surface area contributed by atoms with Crippen LogP contribution in [0.3, 0.4) is 0 Å². The van der Waals surface area contributed by atoms with Crippen molar-refractivity contribution >= 4 is 34.5 Å². The monoisotopic (exact) mass is 427 g/mol. The molecular formula is C18H13ClF3N3O2S. The number of carbonyl (C=O) groups is 1. The molecule has 0 aliphatic heterocycles. The van der Waals surface area contributed by atoms with Crippen molar-refractivity contribution < 1.29 is 18.0 Å². The first kappa shape index (κ1) is 20.1. The molecule has 0 bridgehead atoms. The third kappa shape index (κ3) is 4.42. The molecule has 0 spiro atoms. The Morgan fingerprint density at radius 1 is 1.14 bits per heavy atom. The lowest BCUT2D eigenvalue weighted by molar-refractivity contribution is -0.137. The van der Waals surface area contributed by atoms with Gasteiger partial charge in [-0.05, 0) is 49.4 Å². The molecule has 0 saturated carbocycles. The van der Waals surface area contributed by atoms with Gasteiger partial charge in [0.05, 0.1) is 14.8 Å². The van der Waals surface area contributed by atoms with Gasteiger partial charge in [0.15, 0.2) is 0 Å². The van der Waals surface area contributed by atoms with Crippen molar-refractivity contribution in [2.45, 2.75) is 19.1 Å². The van der Waals surface area contributed by atoms with Gasteiger partial charge < -0.3 is 5.32 Å². The maximum atomic E-state index is 12.6. The summed E-state index contributed by atoms with van der Waals surface area (Å²) in [7, 11) is 0. The number of nitrogens with zero attached hydrogens (tertiary/aromatic N) is 2. The van der Waals surface area contributed by atoms with Crippen LogP contribution in [0.2, 0.25) is 4.34 Å². The summed E-state index contributed by atoms with van der Waals surface area (Å²) in [5, 5.41) is 6.70. The molecule has 2 heterocycles. The van der Waals surface area contributed by atoms with E-state index in [1.54, 1.807) is 12.1 Å². The number of amides is 1. The molecule has 28 heavy (non-hydrogen) atoms. The molecule has 0 aliphatic rings. The van der Waals surface area contributed by atoms with Gasteiger partial charge in [0.2, 0.25) is 5.91 Å². The maximum absolute atomic E-state index is 12.6. The Balaban J connectivity index is 1.80. The summed E-state index contributed by atoms with van der Waals surface area (Å²) in [5.74, 6) is -0.587. The normalized spacial score (nSPS) is 12.6. The zero-order valence-electron chi connectivity index (χ0n) is 14.3. The van der Waals surface area contributed by atoms with E-state index in [-0.39, 0.29) is 5.69 Å². The molecule has 146 valence electrons. The predicted octanol–water partition coefficient (Wildman–Crippen LogP) is 4.84. The highest BCUT2D eigenvalue weighted by molar-refractivity contribution is 7.19. The van der Waals surface area contributed by atoms with Crippen LogP contribution in [0.1, 0.15) is 18.5 Å². The molecule has 1 atom stereocenters. The predicted molar refractivity (Wildman–Crippen MR) is 102 cm³/mol. The number of alkyl halides is 3. The molecule has 1 amide bonds. The minimum Gasteiger partial charge on any atom is -0.324 e. The molecule has 3 rings (SSSR count). The number of benzene rings is 1. The van der Waals surface area contributed by atoms with Crippen molar-refractivity contribution in [3.8, 4) is 10.6 Å². The van der Waals surface area contributed by atoms with Crippen LogP contribution < -0.4 is 10.9 Å². The van der Waals surface area contributed by atoms with E-state index in [0.29, 0.717) is 10.0 Å². The van der Waals surface area contributed by atoms with Crippen LogP contribution in [0, 0.1) is 0 Å². The summed E-state index contributed by atoms with van der Waals surface area (Å²) < 4.78 is 39.4. The van der Waals surface area contributed by atoms with Crippen molar-refractivity contribution in [2.75, 3.05) is 5.32 Å². The molecule has 0 fully saturated rings. The Morgan fingerprint density at radius 2 is 1.82 bits per heavy atom. The van der Waals surface area contributed by atoms with Crippen LogP contribution in [0.4, 0.5) is 18.9 Å². The van der Waals surface area contributed by atoms with Crippen LogP contribution in [-0.4, -0.2) is 15.7 Å². The van der Waals surface area contributed by atoms with Crippen LogP contribution in [0.15, 0.2) is 53.3 Å². The van der Waals surface area contributed by atoms with Crippen molar-refractivity contribution in [2.24, 2.45) is 0 Å². The average Bonchev–Trinajstić information content (AvgIpc) is 3.07. The largest absolute Gasteiger partial charge is 0.416 e. The minimum absolute atomic E-state index is 0.180. The Labute approximate surface area is 166 Å². The number of thiophene rings is 1. The SMILES string of the molecule is CC(C(=O)Nc1ccc(C(F)(F)F)cc1)n1nc(-c2ccc(Cl)s2)ccc1=O. The summed E-state index contributed by atoms with van der Waals surface area (Å²) >= 11 is 7.19. The Kier molecular flexibility index (Phi) is 5.57. The molecule has 10 heteroatoms. The van der Waals surface area contributed by atoms with Crippen molar-refractivity contribution in [1.82, 2.24) is 9.78 Å². The zero-order chi connectivity index (χ0) is 20.5. The van der Waals surface area contributed by atoms with Gasteiger partial charge in [-0.3, -0.25) is 9.59 Å². The van der Waals surface area contributed by atoms with Gasteiger partial charge in [-0.15, -0.1) is 11.3 Å². The molecule has 1 N–H and O–H groups in total. The third-order valence-electron chi connectivity index (χ3n) is 3.88. The molecule has 5 nitrogen and oxygen atoms in total. The number of hydrogen-bond acceptors (Lipinski definition) is 4. The van der Waals surface area contributed by atoms with Crippen LogP contribution in [-0.2, 0) is 11.0 Å². The van der Waals surface area contributed by atoms with Gasteiger partial charge in [0, 0.05) is 11.8 Å².